The van der Waals surface area contributed by atoms with Gasteiger partial charge in [0.05, 0.1) is 18.5 Å². The molecule has 6 heteroatoms. The number of rotatable bonds is 5. The fourth-order valence-electron chi connectivity index (χ4n) is 3.35. The number of nitrogens with zero attached hydrogens (tertiary/aromatic N) is 2. The minimum atomic E-state index is -0.119. The number of methoxy groups -OCH3 is 1. The van der Waals surface area contributed by atoms with E-state index in [4.69, 9.17) is 9.47 Å². The molecule has 2 aliphatic rings. The van der Waals surface area contributed by atoms with Crippen molar-refractivity contribution in [1.29, 1.82) is 0 Å². The summed E-state index contributed by atoms with van der Waals surface area (Å²) in [7, 11) is 1.62. The van der Waals surface area contributed by atoms with Crippen LogP contribution in [0.1, 0.15) is 18.4 Å². The lowest BCUT2D eigenvalue weighted by Gasteiger charge is -2.18. The zero-order chi connectivity index (χ0) is 17.3. The van der Waals surface area contributed by atoms with Crippen LogP contribution in [-0.4, -0.2) is 37.9 Å². The van der Waals surface area contributed by atoms with Crippen LogP contribution in [0.15, 0.2) is 42.6 Å². The summed E-state index contributed by atoms with van der Waals surface area (Å²) >= 11 is 0. The summed E-state index contributed by atoms with van der Waals surface area (Å²) in [5.74, 6) is 0.513. The van der Waals surface area contributed by atoms with Gasteiger partial charge in [-0.3, -0.25) is 4.90 Å². The highest BCUT2D eigenvalue weighted by Gasteiger charge is 2.52. The van der Waals surface area contributed by atoms with Gasteiger partial charge in [-0.2, -0.15) is 0 Å². The largest absolute Gasteiger partial charge is 0.475 e. The van der Waals surface area contributed by atoms with E-state index in [1.807, 2.05) is 23.1 Å². The summed E-state index contributed by atoms with van der Waals surface area (Å²) in [4.78, 5) is 18.8. The quantitative estimate of drug-likeness (QED) is 0.850. The van der Waals surface area contributed by atoms with E-state index >= 15 is 0 Å². The van der Waals surface area contributed by atoms with E-state index in [1.165, 1.54) is 5.56 Å². The third-order valence-corrected chi connectivity index (χ3v) is 4.85. The first-order valence-electron chi connectivity index (χ1n) is 8.48. The second-order valence-electron chi connectivity index (χ2n) is 6.54. The highest BCUT2D eigenvalue weighted by molar-refractivity contribution is 6.03. The fourth-order valence-corrected chi connectivity index (χ4v) is 3.35. The van der Waals surface area contributed by atoms with Gasteiger partial charge in [0.1, 0.15) is 6.61 Å². The minimum Gasteiger partial charge on any atom is -0.475 e. The number of anilines is 2. The van der Waals surface area contributed by atoms with Crippen LogP contribution in [0.2, 0.25) is 0 Å². The average molecular weight is 339 g/mol. The molecule has 1 saturated carbocycles. The molecule has 1 aliphatic heterocycles. The van der Waals surface area contributed by atoms with Gasteiger partial charge in [-0.15, -0.1) is 0 Å². The number of carbonyl (C=O) groups excluding carboxylic acids is 1. The molecule has 0 atom stereocenters. The molecule has 2 heterocycles. The zero-order valence-corrected chi connectivity index (χ0v) is 14.2. The summed E-state index contributed by atoms with van der Waals surface area (Å²) in [5.41, 5.74) is 3.15. The van der Waals surface area contributed by atoms with Crippen molar-refractivity contribution in [2.45, 2.75) is 18.3 Å². The first-order chi connectivity index (χ1) is 12.2. The van der Waals surface area contributed by atoms with Gasteiger partial charge in [-0.1, -0.05) is 18.2 Å². The Hall–Kier alpha value is -2.60. The Bertz CT molecular complexity index is 772. The first kappa shape index (κ1) is 15.9. The molecule has 0 bridgehead atoms. The van der Waals surface area contributed by atoms with Gasteiger partial charge < -0.3 is 14.8 Å². The normalized spacial score (nSPS) is 16.6. The summed E-state index contributed by atoms with van der Waals surface area (Å²) in [6.45, 7) is 1.71. The van der Waals surface area contributed by atoms with E-state index in [1.54, 1.807) is 25.4 Å². The van der Waals surface area contributed by atoms with E-state index in [2.05, 4.69) is 16.4 Å². The molecule has 0 unspecified atom stereocenters. The van der Waals surface area contributed by atoms with Crippen LogP contribution >= 0.6 is 0 Å². The summed E-state index contributed by atoms with van der Waals surface area (Å²) in [5, 5.41) is 2.93. The second kappa shape index (κ2) is 6.37. The number of carbonyl (C=O) groups is 1. The Kier molecular flexibility index (Phi) is 4.05. The maximum absolute atomic E-state index is 12.7. The molecule has 2 amide bonds. The van der Waals surface area contributed by atoms with E-state index in [0.29, 0.717) is 24.8 Å². The van der Waals surface area contributed by atoms with Gasteiger partial charge in [0.25, 0.3) is 0 Å². The van der Waals surface area contributed by atoms with Crippen molar-refractivity contribution >= 4 is 17.4 Å². The number of benzene rings is 1. The van der Waals surface area contributed by atoms with Crippen LogP contribution in [0, 0.1) is 0 Å². The highest BCUT2D eigenvalue weighted by Crippen LogP contribution is 2.56. The van der Waals surface area contributed by atoms with Crippen molar-refractivity contribution in [3.8, 4) is 5.88 Å². The summed E-state index contributed by atoms with van der Waals surface area (Å²) in [6, 6.07) is 11.6. The lowest BCUT2D eigenvalue weighted by molar-refractivity contribution is 0.144. The molecule has 2 aromatic rings. The van der Waals surface area contributed by atoms with Crippen molar-refractivity contribution < 1.29 is 14.3 Å². The van der Waals surface area contributed by atoms with E-state index in [-0.39, 0.29) is 11.4 Å². The fraction of sp³-hybridized carbons (Fsp3) is 0.368. The molecule has 1 aromatic carbocycles. The predicted octanol–water partition coefficient (Wildman–Crippen LogP) is 3.19. The summed E-state index contributed by atoms with van der Waals surface area (Å²) in [6.07, 6.45) is 3.92. The molecule has 1 aromatic heterocycles. The molecule has 1 fully saturated rings. The van der Waals surface area contributed by atoms with Crippen LogP contribution in [-0.2, 0) is 10.2 Å². The van der Waals surface area contributed by atoms with Crippen molar-refractivity contribution in [2.75, 3.05) is 37.1 Å². The molecule has 25 heavy (non-hydrogen) atoms. The monoisotopic (exact) mass is 339 g/mol. The van der Waals surface area contributed by atoms with Crippen molar-refractivity contribution in [2.24, 2.45) is 0 Å². The summed E-state index contributed by atoms with van der Waals surface area (Å²) < 4.78 is 10.4. The van der Waals surface area contributed by atoms with Crippen molar-refractivity contribution in [3.63, 3.8) is 0 Å². The van der Waals surface area contributed by atoms with Crippen LogP contribution in [0.25, 0.3) is 0 Å². The predicted molar refractivity (Wildman–Crippen MR) is 95.3 cm³/mol. The number of pyridine rings is 1. The molecule has 6 nitrogen and oxygen atoms in total. The molecule has 4 rings (SSSR count). The number of nitrogens with one attached hydrogen (secondary N) is 1. The SMILES string of the molecule is COCCOc1ccc(NC(=O)N2CC3(CC3)c3ccccc32)cn1. The molecule has 130 valence electrons. The van der Waals surface area contributed by atoms with Gasteiger partial charge in [0.2, 0.25) is 5.88 Å². The third kappa shape index (κ3) is 3.05. The molecule has 1 aliphatic carbocycles. The third-order valence-electron chi connectivity index (χ3n) is 4.85. The van der Waals surface area contributed by atoms with Gasteiger partial charge in [0.15, 0.2) is 0 Å². The molecular formula is C19H21N3O3. The topological polar surface area (TPSA) is 63.7 Å². The number of para-hydroxylation sites is 1. The van der Waals surface area contributed by atoms with Gasteiger partial charge in [0, 0.05) is 30.8 Å². The maximum Gasteiger partial charge on any atom is 0.326 e. The molecule has 0 radical (unpaired) electrons. The number of fused-ring (bicyclic) bond motifs is 2. The van der Waals surface area contributed by atoms with Gasteiger partial charge in [-0.05, 0) is 30.5 Å². The van der Waals surface area contributed by atoms with Gasteiger partial charge >= 0.3 is 6.03 Å². The maximum atomic E-state index is 12.7. The average Bonchev–Trinajstić information content (AvgIpc) is 3.34. The van der Waals surface area contributed by atoms with E-state index in [0.717, 1.165) is 25.1 Å². The Labute approximate surface area is 146 Å². The van der Waals surface area contributed by atoms with E-state index < -0.39 is 0 Å². The van der Waals surface area contributed by atoms with Gasteiger partial charge in [-0.25, -0.2) is 9.78 Å². The lowest BCUT2D eigenvalue weighted by atomic mass is 9.99. The molecular weight excluding hydrogens is 318 g/mol. The smallest absolute Gasteiger partial charge is 0.326 e. The number of aromatic nitrogens is 1. The number of urea groups is 1. The van der Waals surface area contributed by atoms with Crippen molar-refractivity contribution in [3.05, 3.63) is 48.2 Å². The number of hydrogen-bond donors (Lipinski definition) is 1. The minimum absolute atomic E-state index is 0.119. The van der Waals surface area contributed by atoms with Crippen LogP contribution in [0.5, 0.6) is 5.88 Å². The number of amides is 2. The molecule has 1 spiro atoms. The second-order valence-corrected chi connectivity index (χ2v) is 6.54. The zero-order valence-electron chi connectivity index (χ0n) is 14.2. The Morgan fingerprint density at radius 1 is 1.24 bits per heavy atom. The van der Waals surface area contributed by atoms with Crippen LogP contribution < -0.4 is 15.0 Å². The van der Waals surface area contributed by atoms with E-state index in [9.17, 15) is 4.79 Å². The Morgan fingerprint density at radius 2 is 2.08 bits per heavy atom. The lowest BCUT2D eigenvalue weighted by Crippen LogP contribution is -2.35. The Balaban J connectivity index is 1.43. The van der Waals surface area contributed by atoms with Crippen LogP contribution in [0.3, 0.4) is 0 Å². The first-order valence-corrected chi connectivity index (χ1v) is 8.48. The standard InChI is InChI=1S/C19H21N3O3/c1-24-10-11-25-17-7-6-14(12-20-17)21-18(23)22-13-19(8-9-19)15-4-2-3-5-16(15)22/h2-7,12H,8-11,13H2,1H3,(H,21,23). The molecule has 1 N–H and O–H groups in total. The number of ether oxygens (including phenoxy) is 2. The molecule has 0 saturated heterocycles. The van der Waals surface area contributed by atoms with Crippen LogP contribution in [0.4, 0.5) is 16.2 Å². The van der Waals surface area contributed by atoms with Crippen molar-refractivity contribution in [1.82, 2.24) is 4.98 Å². The highest BCUT2D eigenvalue weighted by atomic mass is 16.5. The Morgan fingerprint density at radius 3 is 2.80 bits per heavy atom. The number of hydrogen-bond acceptors (Lipinski definition) is 4.